The zero-order valence-electron chi connectivity index (χ0n) is 6.78. The van der Waals surface area contributed by atoms with Crippen LogP contribution in [0.3, 0.4) is 0 Å². The fraction of sp³-hybridized carbons (Fsp3) is 0. The summed E-state index contributed by atoms with van der Waals surface area (Å²) in [5.41, 5.74) is 0.0656. The number of halogens is 1. The zero-order valence-corrected chi connectivity index (χ0v) is 10.4. The molecule has 0 aliphatic rings. The van der Waals surface area contributed by atoms with Crippen molar-refractivity contribution in [3.63, 3.8) is 0 Å². The van der Waals surface area contributed by atoms with Crippen molar-refractivity contribution in [2.45, 2.75) is 4.90 Å². The van der Waals surface area contributed by atoms with E-state index in [1.54, 1.807) is 6.07 Å². The van der Waals surface area contributed by atoms with Crippen LogP contribution in [0.25, 0.3) is 0 Å². The third kappa shape index (κ3) is 3.39. The molecule has 0 heterocycles. The fourth-order valence-electron chi connectivity index (χ4n) is 0.735. The standard InChI is InChI=1S/C7H4ClNO2S.Na/c8-6-1-2-7(12(10)11)5(3-6)4-9;/h1-3H,(H,10,11);/q;+1/p-1. The number of nitrogens with zero attached hydrogens (tertiary/aromatic N) is 1. The number of hydrogen-bond donors (Lipinski definition) is 0. The molecule has 6 heteroatoms. The van der Waals surface area contributed by atoms with E-state index in [2.05, 4.69) is 0 Å². The maximum absolute atomic E-state index is 10.5. The molecule has 0 spiro atoms. The van der Waals surface area contributed by atoms with Crippen molar-refractivity contribution in [3.05, 3.63) is 28.8 Å². The van der Waals surface area contributed by atoms with Crippen molar-refractivity contribution >= 4 is 22.7 Å². The summed E-state index contributed by atoms with van der Waals surface area (Å²) in [5.74, 6) is 0. The molecule has 1 unspecified atom stereocenters. The first-order chi connectivity index (χ1) is 5.65. The summed E-state index contributed by atoms with van der Waals surface area (Å²) >= 11 is 3.17. The third-order valence-electron chi connectivity index (χ3n) is 1.24. The normalized spacial score (nSPS) is 11.2. The summed E-state index contributed by atoms with van der Waals surface area (Å²) in [5, 5.41) is 8.86. The van der Waals surface area contributed by atoms with Gasteiger partial charge in [-0.2, -0.15) is 5.26 Å². The minimum absolute atomic E-state index is 0. The van der Waals surface area contributed by atoms with Crippen LogP contribution in [0.4, 0.5) is 0 Å². The van der Waals surface area contributed by atoms with E-state index in [0.29, 0.717) is 5.02 Å². The summed E-state index contributed by atoms with van der Waals surface area (Å²) in [6.07, 6.45) is 0. The first-order valence-electron chi connectivity index (χ1n) is 2.94. The van der Waals surface area contributed by atoms with Gasteiger partial charge in [0.15, 0.2) is 0 Å². The third-order valence-corrected chi connectivity index (χ3v) is 2.19. The quantitative estimate of drug-likeness (QED) is 0.428. The molecule has 0 radical (unpaired) electrons. The van der Waals surface area contributed by atoms with E-state index in [-0.39, 0.29) is 40.0 Å². The van der Waals surface area contributed by atoms with Gasteiger partial charge in [0.05, 0.1) is 5.56 Å². The van der Waals surface area contributed by atoms with E-state index < -0.39 is 11.1 Å². The Morgan fingerprint density at radius 1 is 1.54 bits per heavy atom. The second-order valence-electron chi connectivity index (χ2n) is 1.99. The van der Waals surface area contributed by atoms with E-state index in [9.17, 15) is 8.76 Å². The molecule has 0 saturated carbocycles. The predicted octanol–water partition coefficient (Wildman–Crippen LogP) is -1.55. The van der Waals surface area contributed by atoms with Crippen molar-refractivity contribution in [2.75, 3.05) is 0 Å². The molecule has 1 rings (SSSR count). The fourth-order valence-corrected chi connectivity index (χ4v) is 1.37. The average Bonchev–Trinajstić information content (AvgIpc) is 2.03. The Hall–Kier alpha value is 0.110. The van der Waals surface area contributed by atoms with Gasteiger partial charge in [-0.3, -0.25) is 4.21 Å². The zero-order chi connectivity index (χ0) is 9.14. The van der Waals surface area contributed by atoms with Gasteiger partial charge >= 0.3 is 29.6 Å². The van der Waals surface area contributed by atoms with Crippen molar-refractivity contribution in [1.29, 1.82) is 5.26 Å². The van der Waals surface area contributed by atoms with Gasteiger partial charge in [-0.05, 0) is 29.3 Å². The first-order valence-corrected chi connectivity index (χ1v) is 4.39. The molecular formula is C7H3ClNNaO2S. The Bertz CT molecular complexity index is 377. The molecule has 0 bridgehead atoms. The van der Waals surface area contributed by atoms with Crippen LogP contribution in [-0.2, 0) is 11.1 Å². The molecule has 1 atom stereocenters. The largest absolute Gasteiger partial charge is 1.00 e. The molecular weight excluding hydrogens is 221 g/mol. The summed E-state index contributed by atoms with van der Waals surface area (Å²) < 4.78 is 21.0. The van der Waals surface area contributed by atoms with Crippen LogP contribution in [0.5, 0.6) is 0 Å². The topological polar surface area (TPSA) is 63.9 Å². The van der Waals surface area contributed by atoms with Crippen molar-refractivity contribution in [2.24, 2.45) is 0 Å². The molecule has 0 N–H and O–H groups in total. The van der Waals surface area contributed by atoms with Gasteiger partial charge in [0.1, 0.15) is 6.07 Å². The van der Waals surface area contributed by atoms with Crippen LogP contribution in [0.2, 0.25) is 5.02 Å². The second-order valence-corrected chi connectivity index (χ2v) is 3.33. The monoisotopic (exact) mass is 223 g/mol. The van der Waals surface area contributed by atoms with Crippen LogP contribution in [0.1, 0.15) is 5.56 Å². The number of benzene rings is 1. The van der Waals surface area contributed by atoms with Gasteiger partial charge < -0.3 is 4.55 Å². The van der Waals surface area contributed by atoms with Gasteiger partial charge in [-0.15, -0.1) is 0 Å². The molecule has 13 heavy (non-hydrogen) atoms. The summed E-state index contributed by atoms with van der Waals surface area (Å²) in [7, 11) is 0. The minimum Gasteiger partial charge on any atom is -0.768 e. The molecule has 0 aromatic heterocycles. The van der Waals surface area contributed by atoms with Gasteiger partial charge in [-0.25, -0.2) is 0 Å². The first kappa shape index (κ1) is 13.1. The molecule has 0 aliphatic carbocycles. The Labute approximate surface area is 105 Å². The van der Waals surface area contributed by atoms with Crippen LogP contribution in [-0.4, -0.2) is 8.76 Å². The second kappa shape index (κ2) is 5.76. The average molecular weight is 224 g/mol. The van der Waals surface area contributed by atoms with E-state index in [1.165, 1.54) is 18.2 Å². The maximum Gasteiger partial charge on any atom is 1.00 e. The van der Waals surface area contributed by atoms with E-state index in [4.69, 9.17) is 16.9 Å². The molecule has 0 fully saturated rings. The van der Waals surface area contributed by atoms with Gasteiger partial charge in [0, 0.05) is 9.92 Å². The van der Waals surface area contributed by atoms with Crippen LogP contribution < -0.4 is 29.6 Å². The van der Waals surface area contributed by atoms with E-state index >= 15 is 0 Å². The van der Waals surface area contributed by atoms with Crippen LogP contribution in [0.15, 0.2) is 23.1 Å². The smallest absolute Gasteiger partial charge is 0.768 e. The number of hydrogen-bond acceptors (Lipinski definition) is 3. The van der Waals surface area contributed by atoms with E-state index in [1.807, 2.05) is 0 Å². The van der Waals surface area contributed by atoms with Gasteiger partial charge in [-0.1, -0.05) is 11.6 Å². The Kier molecular flexibility index (Phi) is 5.81. The molecule has 3 nitrogen and oxygen atoms in total. The summed E-state index contributed by atoms with van der Waals surface area (Å²) in [6, 6.07) is 5.77. The molecule has 0 amide bonds. The molecule has 1 aromatic rings. The molecule has 0 aliphatic heterocycles. The van der Waals surface area contributed by atoms with Crippen LogP contribution in [0, 0.1) is 11.3 Å². The maximum atomic E-state index is 10.5. The van der Waals surface area contributed by atoms with Crippen molar-refractivity contribution < 1.29 is 38.3 Å². The van der Waals surface area contributed by atoms with Crippen molar-refractivity contribution in [3.8, 4) is 6.07 Å². The Morgan fingerprint density at radius 3 is 2.62 bits per heavy atom. The Balaban J connectivity index is 0.00000144. The SMILES string of the molecule is N#Cc1cc(Cl)ccc1S(=O)[O-].[Na+]. The van der Waals surface area contributed by atoms with Gasteiger partial charge in [0.2, 0.25) is 0 Å². The van der Waals surface area contributed by atoms with Crippen LogP contribution >= 0.6 is 11.6 Å². The summed E-state index contributed by atoms with van der Waals surface area (Å²) in [4.78, 5) is -0.0260. The molecule has 62 valence electrons. The molecule has 0 saturated heterocycles. The predicted molar refractivity (Wildman–Crippen MR) is 43.4 cm³/mol. The van der Waals surface area contributed by atoms with E-state index in [0.717, 1.165) is 0 Å². The van der Waals surface area contributed by atoms with Crippen molar-refractivity contribution in [1.82, 2.24) is 0 Å². The number of nitriles is 1. The van der Waals surface area contributed by atoms with Gasteiger partial charge in [0.25, 0.3) is 0 Å². The minimum atomic E-state index is -2.38. The molecule has 1 aromatic carbocycles. The Morgan fingerprint density at radius 2 is 2.15 bits per heavy atom. The summed E-state index contributed by atoms with van der Waals surface area (Å²) in [6.45, 7) is 0. The number of rotatable bonds is 1.